The topological polar surface area (TPSA) is 75.7 Å². The van der Waals surface area contributed by atoms with E-state index in [1.807, 2.05) is 0 Å². The molecular weight excluding hydrogens is 399 g/mol. The van der Waals surface area contributed by atoms with Gasteiger partial charge in [0.25, 0.3) is 5.91 Å². The molecular formula is C17H16Cl2N2O4S. The fourth-order valence-corrected chi connectivity index (χ4v) is 3.94. The second-order valence-corrected chi connectivity index (χ2v) is 8.56. The molecule has 0 fully saturated rings. The van der Waals surface area contributed by atoms with Crippen LogP contribution in [0.3, 0.4) is 0 Å². The van der Waals surface area contributed by atoms with Crippen molar-refractivity contribution in [3.63, 3.8) is 0 Å². The molecule has 0 saturated carbocycles. The van der Waals surface area contributed by atoms with Gasteiger partial charge in [0.05, 0.1) is 22.7 Å². The average molecular weight is 415 g/mol. The third-order valence-electron chi connectivity index (χ3n) is 3.88. The minimum Gasteiger partial charge on any atom is -0.478 e. The molecule has 1 amide bonds. The van der Waals surface area contributed by atoms with Crippen molar-refractivity contribution >= 4 is 50.5 Å². The number of halogens is 2. The van der Waals surface area contributed by atoms with Crippen LogP contribution in [0.2, 0.25) is 10.0 Å². The number of amides is 1. The molecule has 1 heterocycles. The van der Waals surface area contributed by atoms with Crippen LogP contribution in [-0.4, -0.2) is 33.2 Å². The molecule has 0 unspecified atom stereocenters. The summed E-state index contributed by atoms with van der Waals surface area (Å²) in [5.74, 6) is -0.133. The number of para-hydroxylation sites is 1. The number of carbonyl (C=O) groups excluding carboxylic acids is 1. The number of carbonyl (C=O) groups is 1. The zero-order chi connectivity index (χ0) is 18.9. The third-order valence-corrected chi connectivity index (χ3v) is 5.62. The SMILES string of the molecule is CS(=O)(=O)N1CC[C@H](C(=O)Nc2ccccc2Cl)Oc2ccc(Cl)cc21. The van der Waals surface area contributed by atoms with E-state index in [1.54, 1.807) is 36.4 Å². The number of benzene rings is 2. The quantitative estimate of drug-likeness (QED) is 0.832. The number of fused-ring (bicyclic) bond motifs is 1. The molecule has 26 heavy (non-hydrogen) atoms. The van der Waals surface area contributed by atoms with E-state index < -0.39 is 22.0 Å². The number of nitrogens with one attached hydrogen (secondary N) is 1. The van der Waals surface area contributed by atoms with Crippen molar-refractivity contribution in [3.8, 4) is 5.75 Å². The van der Waals surface area contributed by atoms with E-state index in [9.17, 15) is 13.2 Å². The van der Waals surface area contributed by atoms with Crippen LogP contribution in [0.15, 0.2) is 42.5 Å². The fraction of sp³-hybridized carbons (Fsp3) is 0.235. The molecule has 0 bridgehead atoms. The Morgan fingerprint density at radius 1 is 1.23 bits per heavy atom. The van der Waals surface area contributed by atoms with Crippen LogP contribution < -0.4 is 14.4 Å². The first-order valence-corrected chi connectivity index (χ1v) is 10.4. The molecule has 1 N–H and O–H groups in total. The molecule has 2 aromatic rings. The first kappa shape index (κ1) is 18.8. The Balaban J connectivity index is 1.89. The van der Waals surface area contributed by atoms with Crippen molar-refractivity contribution < 1.29 is 17.9 Å². The first-order chi connectivity index (χ1) is 12.3. The highest BCUT2D eigenvalue weighted by molar-refractivity contribution is 7.92. The minimum atomic E-state index is -3.55. The van der Waals surface area contributed by atoms with Gasteiger partial charge < -0.3 is 10.1 Å². The van der Waals surface area contributed by atoms with Crippen molar-refractivity contribution in [1.82, 2.24) is 0 Å². The van der Waals surface area contributed by atoms with Crippen LogP contribution in [0.5, 0.6) is 5.75 Å². The van der Waals surface area contributed by atoms with Gasteiger partial charge in [0, 0.05) is 18.0 Å². The summed E-state index contributed by atoms with van der Waals surface area (Å²) in [4.78, 5) is 12.6. The summed E-state index contributed by atoms with van der Waals surface area (Å²) in [5.41, 5.74) is 0.774. The summed E-state index contributed by atoms with van der Waals surface area (Å²) in [7, 11) is -3.55. The summed E-state index contributed by atoms with van der Waals surface area (Å²) in [6, 6.07) is 11.5. The lowest BCUT2D eigenvalue weighted by Crippen LogP contribution is -2.36. The zero-order valence-electron chi connectivity index (χ0n) is 13.8. The molecule has 1 aliphatic rings. The average Bonchev–Trinajstić information content (AvgIpc) is 2.76. The van der Waals surface area contributed by atoms with Crippen LogP contribution in [0, 0.1) is 0 Å². The number of hydrogen-bond donors (Lipinski definition) is 1. The van der Waals surface area contributed by atoms with Gasteiger partial charge in [-0.25, -0.2) is 8.42 Å². The van der Waals surface area contributed by atoms with Crippen LogP contribution in [0.25, 0.3) is 0 Å². The molecule has 0 aromatic heterocycles. The highest BCUT2D eigenvalue weighted by Gasteiger charge is 2.31. The summed E-state index contributed by atoms with van der Waals surface area (Å²) in [6.07, 6.45) is 0.398. The predicted octanol–water partition coefficient (Wildman–Crippen LogP) is 3.55. The Labute approximate surface area is 161 Å². The van der Waals surface area contributed by atoms with Crippen molar-refractivity contribution in [1.29, 1.82) is 0 Å². The standard InChI is InChI=1S/C17H16Cl2N2O4S/c1-26(23,24)21-9-8-16(25-15-7-6-11(18)10-14(15)21)17(22)20-13-5-3-2-4-12(13)19/h2-7,10,16H,8-9H2,1H3,(H,20,22)/t16-/m1/s1. The molecule has 0 aliphatic carbocycles. The number of sulfonamides is 1. The summed E-state index contributed by atoms with van der Waals surface area (Å²) in [6.45, 7) is 0.0901. The minimum absolute atomic E-state index is 0.0901. The van der Waals surface area contributed by atoms with Gasteiger partial charge in [-0.15, -0.1) is 0 Å². The number of anilines is 2. The first-order valence-electron chi connectivity index (χ1n) is 7.75. The Kier molecular flexibility index (Phi) is 5.32. The van der Waals surface area contributed by atoms with E-state index in [0.717, 1.165) is 6.26 Å². The van der Waals surface area contributed by atoms with Gasteiger partial charge in [-0.1, -0.05) is 35.3 Å². The highest BCUT2D eigenvalue weighted by Crippen LogP contribution is 2.36. The Hall–Kier alpha value is -1.96. The molecule has 3 rings (SSSR count). The molecule has 2 aromatic carbocycles. The zero-order valence-corrected chi connectivity index (χ0v) is 16.1. The number of ether oxygens (including phenoxy) is 1. The Morgan fingerprint density at radius 3 is 2.65 bits per heavy atom. The molecule has 138 valence electrons. The summed E-state index contributed by atoms with van der Waals surface area (Å²) >= 11 is 12.1. The van der Waals surface area contributed by atoms with Gasteiger partial charge >= 0.3 is 0 Å². The second kappa shape index (κ2) is 7.34. The fourth-order valence-electron chi connectivity index (χ4n) is 2.66. The maximum Gasteiger partial charge on any atom is 0.265 e. The van der Waals surface area contributed by atoms with Crippen molar-refractivity contribution in [2.24, 2.45) is 0 Å². The normalized spacial score (nSPS) is 17.0. The van der Waals surface area contributed by atoms with Crippen LogP contribution in [0.1, 0.15) is 6.42 Å². The smallest absolute Gasteiger partial charge is 0.265 e. The molecule has 1 aliphatic heterocycles. The Morgan fingerprint density at radius 2 is 1.96 bits per heavy atom. The van der Waals surface area contributed by atoms with Crippen molar-refractivity contribution in [2.75, 3.05) is 22.4 Å². The van der Waals surface area contributed by atoms with E-state index in [1.165, 1.54) is 10.4 Å². The summed E-state index contributed by atoms with van der Waals surface area (Å²) < 4.78 is 31.3. The monoisotopic (exact) mass is 414 g/mol. The molecule has 0 saturated heterocycles. The van der Waals surface area contributed by atoms with Gasteiger partial charge in [0.15, 0.2) is 6.10 Å². The molecule has 9 heteroatoms. The van der Waals surface area contributed by atoms with Crippen molar-refractivity contribution in [2.45, 2.75) is 12.5 Å². The van der Waals surface area contributed by atoms with Gasteiger partial charge in [-0.3, -0.25) is 9.10 Å². The van der Waals surface area contributed by atoms with E-state index >= 15 is 0 Å². The van der Waals surface area contributed by atoms with Gasteiger partial charge in [-0.05, 0) is 30.3 Å². The summed E-state index contributed by atoms with van der Waals surface area (Å²) in [5, 5.41) is 3.49. The maximum absolute atomic E-state index is 12.6. The van der Waals surface area contributed by atoms with E-state index in [2.05, 4.69) is 5.32 Å². The van der Waals surface area contributed by atoms with E-state index in [-0.39, 0.29) is 18.7 Å². The third kappa shape index (κ3) is 4.06. The molecule has 0 spiro atoms. The molecule has 1 atom stereocenters. The van der Waals surface area contributed by atoms with Crippen molar-refractivity contribution in [3.05, 3.63) is 52.5 Å². The lowest BCUT2D eigenvalue weighted by atomic mass is 10.2. The lowest BCUT2D eigenvalue weighted by Gasteiger charge is -2.21. The number of nitrogens with zero attached hydrogens (tertiary/aromatic N) is 1. The van der Waals surface area contributed by atoms with Gasteiger partial charge in [0.2, 0.25) is 10.0 Å². The highest BCUT2D eigenvalue weighted by atomic mass is 35.5. The lowest BCUT2D eigenvalue weighted by molar-refractivity contribution is -0.122. The predicted molar refractivity (Wildman–Crippen MR) is 103 cm³/mol. The second-order valence-electron chi connectivity index (χ2n) is 5.81. The van der Waals surface area contributed by atoms with Gasteiger partial charge in [-0.2, -0.15) is 0 Å². The van der Waals surface area contributed by atoms with Gasteiger partial charge in [0.1, 0.15) is 5.75 Å². The largest absolute Gasteiger partial charge is 0.478 e. The number of rotatable bonds is 3. The van der Waals surface area contributed by atoms with E-state index in [4.69, 9.17) is 27.9 Å². The van der Waals surface area contributed by atoms with Crippen LogP contribution >= 0.6 is 23.2 Å². The Bertz CT molecular complexity index is 950. The van der Waals surface area contributed by atoms with Crippen LogP contribution in [0.4, 0.5) is 11.4 Å². The molecule has 0 radical (unpaired) electrons. The van der Waals surface area contributed by atoms with E-state index in [0.29, 0.717) is 21.4 Å². The maximum atomic E-state index is 12.6. The molecule has 6 nitrogen and oxygen atoms in total. The van der Waals surface area contributed by atoms with Crippen LogP contribution in [-0.2, 0) is 14.8 Å². The number of hydrogen-bond acceptors (Lipinski definition) is 4.